The van der Waals surface area contributed by atoms with E-state index in [4.69, 9.17) is 0 Å². The van der Waals surface area contributed by atoms with Crippen LogP contribution in [0.4, 0.5) is 0 Å². The number of hydrogen-bond acceptors (Lipinski definition) is 4. The van der Waals surface area contributed by atoms with Gasteiger partial charge in [0.2, 0.25) is 0 Å². The Morgan fingerprint density at radius 3 is 2.32 bits per heavy atom. The molecule has 0 aliphatic carbocycles. The molecule has 0 aliphatic rings. The van der Waals surface area contributed by atoms with Crippen LogP contribution >= 0.6 is 0 Å². The fourth-order valence-electron chi connectivity index (χ4n) is 1.86. The number of likely N-dealkylation sites (N-methyl/N-ethyl adjacent to an activating group) is 1. The van der Waals surface area contributed by atoms with Crippen LogP contribution in [0.25, 0.3) is 0 Å². The van der Waals surface area contributed by atoms with E-state index in [9.17, 15) is 13.5 Å². The number of hydrogen-bond donors (Lipinski definition) is 1. The van der Waals surface area contributed by atoms with Crippen LogP contribution in [0.5, 0.6) is 0 Å². The first-order valence-corrected chi connectivity index (χ1v) is 8.40. The third-order valence-corrected chi connectivity index (χ3v) is 4.20. The lowest BCUT2D eigenvalue weighted by Gasteiger charge is -2.20. The van der Waals surface area contributed by atoms with Crippen LogP contribution in [0.15, 0.2) is 29.2 Å². The van der Waals surface area contributed by atoms with Crippen LogP contribution in [-0.2, 0) is 9.84 Å². The lowest BCUT2D eigenvalue weighted by molar-refractivity contribution is 0.126. The van der Waals surface area contributed by atoms with Gasteiger partial charge in [-0.15, -0.1) is 0 Å². The quantitative estimate of drug-likeness (QED) is 0.830. The predicted octanol–water partition coefficient (Wildman–Crippen LogP) is 1.86. The molecule has 0 bridgehead atoms. The van der Waals surface area contributed by atoms with Crippen molar-refractivity contribution in [3.8, 4) is 0 Å². The van der Waals surface area contributed by atoms with Crippen molar-refractivity contribution >= 4 is 9.84 Å². The highest BCUT2D eigenvalue weighted by atomic mass is 32.2. The maximum atomic E-state index is 11.3. The lowest BCUT2D eigenvalue weighted by Crippen LogP contribution is -2.25. The fraction of sp³-hybridized carbons (Fsp3) is 0.571. The van der Waals surface area contributed by atoms with E-state index in [0.29, 0.717) is 6.54 Å². The van der Waals surface area contributed by atoms with E-state index in [1.807, 2.05) is 7.05 Å². The summed E-state index contributed by atoms with van der Waals surface area (Å²) < 4.78 is 22.7. The molecule has 1 atom stereocenters. The summed E-state index contributed by atoms with van der Waals surface area (Å²) >= 11 is 0. The summed E-state index contributed by atoms with van der Waals surface area (Å²) in [6, 6.07) is 6.43. The zero-order valence-corrected chi connectivity index (χ0v) is 12.7. The van der Waals surface area contributed by atoms with Gasteiger partial charge >= 0.3 is 0 Å². The van der Waals surface area contributed by atoms with Gasteiger partial charge in [0, 0.05) is 12.8 Å². The zero-order valence-electron chi connectivity index (χ0n) is 11.8. The summed E-state index contributed by atoms with van der Waals surface area (Å²) in [5, 5.41) is 10.1. The van der Waals surface area contributed by atoms with Crippen molar-refractivity contribution in [2.45, 2.75) is 30.8 Å². The first-order valence-electron chi connectivity index (χ1n) is 6.51. The average Bonchev–Trinajstić information content (AvgIpc) is 2.35. The van der Waals surface area contributed by atoms with Crippen molar-refractivity contribution in [2.75, 3.05) is 26.4 Å². The first kappa shape index (κ1) is 16.1. The third kappa shape index (κ3) is 5.30. The van der Waals surface area contributed by atoms with Gasteiger partial charge in [0.05, 0.1) is 11.0 Å². The van der Waals surface area contributed by atoms with Gasteiger partial charge in [-0.1, -0.05) is 25.5 Å². The molecule has 0 heterocycles. The summed E-state index contributed by atoms with van der Waals surface area (Å²) in [7, 11) is -1.20. The van der Waals surface area contributed by atoms with E-state index >= 15 is 0 Å². The van der Waals surface area contributed by atoms with E-state index in [1.165, 1.54) is 6.26 Å². The number of unbranched alkanes of at least 4 members (excludes halogenated alkanes) is 1. The van der Waals surface area contributed by atoms with Crippen LogP contribution in [0.3, 0.4) is 0 Å². The number of rotatable bonds is 7. The second-order valence-electron chi connectivity index (χ2n) is 4.97. The Labute approximate surface area is 116 Å². The van der Waals surface area contributed by atoms with Crippen molar-refractivity contribution in [2.24, 2.45) is 0 Å². The van der Waals surface area contributed by atoms with Crippen LogP contribution in [0.1, 0.15) is 31.4 Å². The normalized spacial score (nSPS) is 13.7. The second kappa shape index (κ2) is 7.03. The molecule has 0 saturated carbocycles. The van der Waals surface area contributed by atoms with Gasteiger partial charge in [0.1, 0.15) is 0 Å². The standard InChI is InChI=1S/C14H23NO3S/c1-4-5-10-15(2)11-14(16)12-6-8-13(9-7-12)19(3,17)18/h6-9,14,16H,4-5,10-11H2,1-3H3. The number of aliphatic hydroxyl groups excluding tert-OH is 1. The highest BCUT2D eigenvalue weighted by Gasteiger charge is 2.12. The van der Waals surface area contributed by atoms with E-state index in [-0.39, 0.29) is 4.90 Å². The summed E-state index contributed by atoms with van der Waals surface area (Å²) in [4.78, 5) is 2.36. The van der Waals surface area contributed by atoms with Gasteiger partial charge in [-0.3, -0.25) is 0 Å². The number of sulfone groups is 1. The van der Waals surface area contributed by atoms with Gasteiger partial charge in [0.25, 0.3) is 0 Å². The number of benzene rings is 1. The Hall–Kier alpha value is -0.910. The smallest absolute Gasteiger partial charge is 0.175 e. The molecule has 0 radical (unpaired) electrons. The van der Waals surface area contributed by atoms with Gasteiger partial charge in [-0.2, -0.15) is 0 Å². The van der Waals surface area contributed by atoms with Crippen LogP contribution in [0, 0.1) is 0 Å². The van der Waals surface area contributed by atoms with Crippen LogP contribution in [0.2, 0.25) is 0 Å². The van der Waals surface area contributed by atoms with Crippen molar-refractivity contribution in [1.82, 2.24) is 4.90 Å². The molecule has 5 heteroatoms. The van der Waals surface area contributed by atoms with Crippen molar-refractivity contribution in [3.63, 3.8) is 0 Å². The van der Waals surface area contributed by atoms with Crippen molar-refractivity contribution < 1.29 is 13.5 Å². The number of nitrogens with zero attached hydrogens (tertiary/aromatic N) is 1. The highest BCUT2D eigenvalue weighted by Crippen LogP contribution is 2.17. The maximum Gasteiger partial charge on any atom is 0.175 e. The molecule has 1 rings (SSSR count). The number of aliphatic hydroxyl groups is 1. The molecule has 108 valence electrons. The van der Waals surface area contributed by atoms with Crippen LogP contribution < -0.4 is 0 Å². The Bertz CT molecular complexity index is 482. The summed E-state index contributed by atoms with van der Waals surface area (Å²) in [6.07, 6.45) is 2.83. The minimum absolute atomic E-state index is 0.280. The minimum Gasteiger partial charge on any atom is -0.387 e. The van der Waals surface area contributed by atoms with Crippen molar-refractivity contribution in [1.29, 1.82) is 0 Å². The topological polar surface area (TPSA) is 57.6 Å². The molecule has 1 aromatic rings. The monoisotopic (exact) mass is 285 g/mol. The highest BCUT2D eigenvalue weighted by molar-refractivity contribution is 7.90. The Kier molecular flexibility index (Phi) is 5.97. The lowest BCUT2D eigenvalue weighted by atomic mass is 10.1. The molecule has 4 nitrogen and oxygen atoms in total. The molecule has 1 aromatic carbocycles. The third-order valence-electron chi connectivity index (χ3n) is 3.07. The molecule has 1 unspecified atom stereocenters. The molecule has 0 fully saturated rings. The molecule has 0 spiro atoms. The molecule has 1 N–H and O–H groups in total. The Balaban J connectivity index is 2.65. The predicted molar refractivity (Wildman–Crippen MR) is 76.9 cm³/mol. The fourth-order valence-corrected chi connectivity index (χ4v) is 2.49. The summed E-state index contributed by atoms with van der Waals surface area (Å²) in [5.41, 5.74) is 0.746. The molecular formula is C14H23NO3S. The SMILES string of the molecule is CCCCN(C)CC(O)c1ccc(S(C)(=O)=O)cc1. The summed E-state index contributed by atoms with van der Waals surface area (Å²) in [5.74, 6) is 0. The Morgan fingerprint density at radius 2 is 1.84 bits per heavy atom. The molecular weight excluding hydrogens is 262 g/mol. The van der Waals surface area contributed by atoms with Gasteiger partial charge in [0.15, 0.2) is 9.84 Å². The van der Waals surface area contributed by atoms with E-state index in [2.05, 4.69) is 11.8 Å². The van der Waals surface area contributed by atoms with E-state index < -0.39 is 15.9 Å². The van der Waals surface area contributed by atoms with Gasteiger partial charge < -0.3 is 10.0 Å². The average molecular weight is 285 g/mol. The van der Waals surface area contributed by atoms with Crippen LogP contribution in [-0.4, -0.2) is 44.8 Å². The molecule has 0 aromatic heterocycles. The van der Waals surface area contributed by atoms with Gasteiger partial charge in [-0.25, -0.2) is 8.42 Å². The second-order valence-corrected chi connectivity index (χ2v) is 6.99. The Morgan fingerprint density at radius 1 is 1.26 bits per heavy atom. The summed E-state index contributed by atoms with van der Waals surface area (Å²) in [6.45, 7) is 3.64. The first-order chi connectivity index (χ1) is 8.84. The molecule has 19 heavy (non-hydrogen) atoms. The van der Waals surface area contributed by atoms with Gasteiger partial charge in [-0.05, 0) is 37.7 Å². The maximum absolute atomic E-state index is 11.3. The zero-order chi connectivity index (χ0) is 14.5. The van der Waals surface area contributed by atoms with Crippen molar-refractivity contribution in [3.05, 3.63) is 29.8 Å². The van der Waals surface area contributed by atoms with E-state index in [0.717, 1.165) is 24.9 Å². The minimum atomic E-state index is -3.17. The molecule has 0 amide bonds. The van der Waals surface area contributed by atoms with E-state index in [1.54, 1.807) is 24.3 Å². The molecule has 0 aliphatic heterocycles. The molecule has 0 saturated heterocycles. The largest absolute Gasteiger partial charge is 0.387 e.